The number of anilines is 2. The monoisotopic (exact) mass is 550 g/mol. The number of hydrogen-bond donors (Lipinski definition) is 0. The van der Waals surface area contributed by atoms with E-state index in [1.54, 1.807) is 24.3 Å². The molecular weight excluding hydrogens is 546 g/mol. The summed E-state index contributed by atoms with van der Waals surface area (Å²) in [5.41, 5.74) is 0.245. The van der Waals surface area contributed by atoms with Crippen molar-refractivity contribution < 1.29 is 9.59 Å². The number of benzene rings is 1. The molecule has 0 fully saturated rings. The van der Waals surface area contributed by atoms with Gasteiger partial charge in [-0.3, -0.25) is 14.5 Å². The van der Waals surface area contributed by atoms with Gasteiger partial charge < -0.3 is 0 Å². The van der Waals surface area contributed by atoms with Crippen molar-refractivity contribution in [1.29, 1.82) is 0 Å². The highest BCUT2D eigenvalue weighted by molar-refractivity contribution is 9.10. The lowest BCUT2D eigenvalue weighted by molar-refractivity contribution is -0.106. The fraction of sp³-hybridized carbons (Fsp3) is 0. The standard InChI is InChI=1S/C16H7Br2Cl3N4O2/c17-10-5-8(19)4-9(15(21)27)14(10)24(7-26)13-6-12(18)23-25(13)16-11(20)2-1-3-22-16/h1-7H. The van der Waals surface area contributed by atoms with Crippen molar-refractivity contribution in [2.24, 2.45) is 0 Å². The minimum absolute atomic E-state index is 0.0409. The van der Waals surface area contributed by atoms with Gasteiger partial charge in [0.25, 0.3) is 5.24 Å². The average Bonchev–Trinajstić information content (AvgIpc) is 2.98. The molecule has 0 atom stereocenters. The molecule has 2 aromatic heterocycles. The minimum atomic E-state index is -0.777. The van der Waals surface area contributed by atoms with Gasteiger partial charge in [-0.25, -0.2) is 4.98 Å². The summed E-state index contributed by atoms with van der Waals surface area (Å²) in [6.45, 7) is 0. The zero-order chi connectivity index (χ0) is 19.7. The number of rotatable bonds is 5. The smallest absolute Gasteiger partial charge is 0.254 e. The van der Waals surface area contributed by atoms with Crippen molar-refractivity contribution in [2.45, 2.75) is 0 Å². The molecule has 1 amide bonds. The summed E-state index contributed by atoms with van der Waals surface area (Å²) in [6.07, 6.45) is 2.06. The third kappa shape index (κ3) is 4.05. The topological polar surface area (TPSA) is 68.1 Å². The number of hydrogen-bond acceptors (Lipinski definition) is 4. The first-order chi connectivity index (χ1) is 12.8. The van der Waals surface area contributed by atoms with E-state index in [-0.39, 0.29) is 22.1 Å². The van der Waals surface area contributed by atoms with Gasteiger partial charge in [0.05, 0.1) is 16.3 Å². The molecule has 1 aromatic carbocycles. The van der Waals surface area contributed by atoms with E-state index in [1.807, 2.05) is 0 Å². The van der Waals surface area contributed by atoms with E-state index < -0.39 is 5.24 Å². The summed E-state index contributed by atoms with van der Waals surface area (Å²) in [4.78, 5) is 29.3. The molecule has 3 rings (SSSR count). The van der Waals surface area contributed by atoms with Gasteiger partial charge in [0.15, 0.2) is 5.82 Å². The molecule has 0 saturated carbocycles. The summed E-state index contributed by atoms with van der Waals surface area (Å²) in [6, 6.07) is 7.79. The second-order valence-electron chi connectivity index (χ2n) is 5.08. The molecule has 27 heavy (non-hydrogen) atoms. The van der Waals surface area contributed by atoms with Crippen LogP contribution in [0.15, 0.2) is 45.6 Å². The molecule has 3 aromatic rings. The minimum Gasteiger partial charge on any atom is -0.278 e. The maximum atomic E-state index is 12.0. The highest BCUT2D eigenvalue weighted by atomic mass is 79.9. The lowest BCUT2D eigenvalue weighted by Crippen LogP contribution is -2.21. The van der Waals surface area contributed by atoms with Crippen molar-refractivity contribution in [1.82, 2.24) is 14.8 Å². The van der Waals surface area contributed by atoms with Crippen LogP contribution in [0.3, 0.4) is 0 Å². The number of carbonyl (C=O) groups excluding carboxylic acids is 2. The molecule has 0 unspecified atom stereocenters. The Hall–Kier alpha value is -1.45. The first-order valence-corrected chi connectivity index (χ1v) is 9.85. The van der Waals surface area contributed by atoms with Gasteiger partial charge in [0.1, 0.15) is 10.4 Å². The van der Waals surface area contributed by atoms with Crippen LogP contribution in [0.4, 0.5) is 11.5 Å². The Morgan fingerprint density at radius 3 is 2.59 bits per heavy atom. The first kappa shape index (κ1) is 20.3. The van der Waals surface area contributed by atoms with Gasteiger partial charge in [-0.15, -0.1) is 0 Å². The lowest BCUT2D eigenvalue weighted by Gasteiger charge is -2.22. The van der Waals surface area contributed by atoms with Crippen LogP contribution in [0.5, 0.6) is 0 Å². The summed E-state index contributed by atoms with van der Waals surface area (Å²) in [7, 11) is 0. The van der Waals surface area contributed by atoms with E-state index >= 15 is 0 Å². The van der Waals surface area contributed by atoms with E-state index in [0.29, 0.717) is 26.3 Å². The van der Waals surface area contributed by atoms with Gasteiger partial charge in [-0.2, -0.15) is 9.78 Å². The quantitative estimate of drug-likeness (QED) is 0.297. The second kappa shape index (κ2) is 8.28. The Morgan fingerprint density at radius 2 is 1.96 bits per heavy atom. The van der Waals surface area contributed by atoms with E-state index in [9.17, 15) is 9.59 Å². The summed E-state index contributed by atoms with van der Waals surface area (Å²) >= 11 is 24.5. The second-order valence-corrected chi connectivity index (χ2v) is 7.93. The van der Waals surface area contributed by atoms with Crippen LogP contribution >= 0.6 is 66.7 Å². The molecule has 2 heterocycles. The molecule has 0 N–H and O–H groups in total. The molecule has 6 nitrogen and oxygen atoms in total. The van der Waals surface area contributed by atoms with Gasteiger partial charge in [0, 0.05) is 21.8 Å². The summed E-state index contributed by atoms with van der Waals surface area (Å²) < 4.78 is 2.18. The van der Waals surface area contributed by atoms with Crippen LogP contribution < -0.4 is 4.90 Å². The summed E-state index contributed by atoms with van der Waals surface area (Å²) in [5.74, 6) is 0.579. The molecule has 0 aliphatic heterocycles. The highest BCUT2D eigenvalue weighted by Crippen LogP contribution is 2.39. The van der Waals surface area contributed by atoms with Crippen LogP contribution in [0.25, 0.3) is 5.82 Å². The van der Waals surface area contributed by atoms with Crippen LogP contribution in [0.1, 0.15) is 10.4 Å². The third-order valence-electron chi connectivity index (χ3n) is 3.43. The number of pyridine rings is 1. The molecule has 0 spiro atoms. The SMILES string of the molecule is O=CN(c1c(Br)cc(Cl)cc1C(=O)Cl)c1cc(Br)nn1-c1ncccc1Cl. The molecule has 11 heteroatoms. The molecular formula is C16H7Br2Cl3N4O2. The molecule has 138 valence electrons. The number of carbonyl (C=O) groups is 2. The Balaban J connectivity index is 2.27. The van der Waals surface area contributed by atoms with Crippen molar-refractivity contribution >= 4 is 89.8 Å². The largest absolute Gasteiger partial charge is 0.278 e. The van der Waals surface area contributed by atoms with Crippen LogP contribution in [-0.2, 0) is 4.79 Å². The molecule has 0 radical (unpaired) electrons. The Bertz CT molecular complexity index is 1060. The lowest BCUT2D eigenvalue weighted by atomic mass is 10.1. The van der Waals surface area contributed by atoms with E-state index in [4.69, 9.17) is 34.8 Å². The van der Waals surface area contributed by atoms with E-state index in [2.05, 4.69) is 41.9 Å². The maximum absolute atomic E-state index is 12.0. The van der Waals surface area contributed by atoms with Gasteiger partial charge in [-0.05, 0) is 67.7 Å². The van der Waals surface area contributed by atoms with E-state index in [1.165, 1.54) is 21.8 Å². The van der Waals surface area contributed by atoms with Gasteiger partial charge in [-0.1, -0.05) is 23.2 Å². The fourth-order valence-electron chi connectivity index (χ4n) is 2.39. The van der Waals surface area contributed by atoms with Crippen molar-refractivity contribution in [3.05, 3.63) is 61.2 Å². The zero-order valence-corrected chi connectivity index (χ0v) is 18.5. The fourth-order valence-corrected chi connectivity index (χ4v) is 4.10. The summed E-state index contributed by atoms with van der Waals surface area (Å²) in [5, 5.41) is 4.11. The normalized spacial score (nSPS) is 10.7. The van der Waals surface area contributed by atoms with Crippen molar-refractivity contribution in [3.63, 3.8) is 0 Å². The van der Waals surface area contributed by atoms with Gasteiger partial charge >= 0.3 is 0 Å². The predicted molar refractivity (Wildman–Crippen MR) is 112 cm³/mol. The van der Waals surface area contributed by atoms with Crippen LogP contribution in [0.2, 0.25) is 10.0 Å². The van der Waals surface area contributed by atoms with E-state index in [0.717, 1.165) is 0 Å². The van der Waals surface area contributed by atoms with Gasteiger partial charge in [0.2, 0.25) is 6.41 Å². The van der Waals surface area contributed by atoms with Crippen molar-refractivity contribution in [2.75, 3.05) is 4.90 Å². The average molecular weight is 553 g/mol. The number of halogens is 5. The Morgan fingerprint density at radius 1 is 1.22 bits per heavy atom. The number of amides is 1. The zero-order valence-electron chi connectivity index (χ0n) is 13.0. The third-order valence-corrected chi connectivity index (χ3v) is 5.14. The predicted octanol–water partition coefficient (Wildman–Crippen LogP) is 5.77. The molecule has 0 saturated heterocycles. The molecule has 0 aliphatic carbocycles. The molecule has 0 bridgehead atoms. The number of nitrogens with zero attached hydrogens (tertiary/aromatic N) is 4. The Labute approximate surface area is 185 Å². The highest BCUT2D eigenvalue weighted by Gasteiger charge is 2.25. The first-order valence-electron chi connectivity index (χ1n) is 7.13. The van der Waals surface area contributed by atoms with Crippen molar-refractivity contribution in [3.8, 4) is 5.82 Å². The number of aromatic nitrogens is 3. The van der Waals surface area contributed by atoms with Crippen LogP contribution in [-0.4, -0.2) is 26.4 Å². The maximum Gasteiger partial charge on any atom is 0.254 e. The molecule has 0 aliphatic rings. The van der Waals surface area contributed by atoms with Crippen LogP contribution in [0, 0.1) is 0 Å². The Kier molecular flexibility index (Phi) is 6.22.